The number of fused-ring (bicyclic) bond motifs is 1. The van der Waals surface area contributed by atoms with E-state index in [0.717, 1.165) is 22.4 Å². The van der Waals surface area contributed by atoms with Crippen molar-refractivity contribution in [1.29, 1.82) is 0 Å². The number of carbonyl (C=O) groups is 1. The van der Waals surface area contributed by atoms with Crippen LogP contribution in [0.4, 0.5) is 0 Å². The van der Waals surface area contributed by atoms with E-state index in [0.29, 0.717) is 6.61 Å². The predicted octanol–water partition coefficient (Wildman–Crippen LogP) is 3.55. The fourth-order valence-electron chi connectivity index (χ4n) is 2.41. The van der Waals surface area contributed by atoms with Crippen LogP contribution in [0, 0.1) is 0 Å². The summed E-state index contributed by atoms with van der Waals surface area (Å²) in [4.78, 5) is 12.1. The van der Waals surface area contributed by atoms with Crippen molar-refractivity contribution in [1.82, 2.24) is 0 Å². The molecule has 1 aliphatic heterocycles. The zero-order valence-corrected chi connectivity index (χ0v) is 11.8. The van der Waals surface area contributed by atoms with Crippen LogP contribution < -0.4 is 4.74 Å². The largest absolute Gasteiger partial charge is 0.473 e. The number of hydrogen-bond acceptors (Lipinski definition) is 3. The van der Waals surface area contributed by atoms with Gasteiger partial charge in [0.2, 0.25) is 6.10 Å². The van der Waals surface area contributed by atoms with Crippen molar-refractivity contribution in [3.05, 3.63) is 65.7 Å². The maximum Gasteiger partial charge on any atom is 0.352 e. The molecule has 1 heterocycles. The van der Waals surface area contributed by atoms with Gasteiger partial charge in [-0.1, -0.05) is 48.5 Å². The Hall–Kier alpha value is -2.55. The van der Waals surface area contributed by atoms with E-state index < -0.39 is 6.10 Å². The van der Waals surface area contributed by atoms with E-state index in [2.05, 4.69) is 0 Å². The van der Waals surface area contributed by atoms with Gasteiger partial charge < -0.3 is 9.47 Å². The minimum absolute atomic E-state index is 0.341. The molecule has 0 saturated carbocycles. The summed E-state index contributed by atoms with van der Waals surface area (Å²) in [7, 11) is 0. The summed E-state index contributed by atoms with van der Waals surface area (Å²) in [5.74, 6) is 0.369. The Morgan fingerprint density at radius 3 is 2.62 bits per heavy atom. The molecule has 2 aromatic carbocycles. The van der Waals surface area contributed by atoms with Crippen LogP contribution in [0.25, 0.3) is 11.6 Å². The highest BCUT2D eigenvalue weighted by Crippen LogP contribution is 2.38. The first-order valence-electron chi connectivity index (χ1n) is 6.99. The maximum atomic E-state index is 12.1. The average molecular weight is 280 g/mol. The van der Waals surface area contributed by atoms with Gasteiger partial charge in [-0.05, 0) is 24.6 Å². The Kier molecular flexibility index (Phi) is 3.73. The van der Waals surface area contributed by atoms with Crippen molar-refractivity contribution in [2.45, 2.75) is 13.0 Å². The topological polar surface area (TPSA) is 35.5 Å². The zero-order valence-electron chi connectivity index (χ0n) is 11.8. The maximum absolute atomic E-state index is 12.1. The number of benzene rings is 2. The summed E-state index contributed by atoms with van der Waals surface area (Å²) in [6.07, 6.45) is 1.29. The summed E-state index contributed by atoms with van der Waals surface area (Å²) in [6.45, 7) is 2.13. The van der Waals surface area contributed by atoms with Gasteiger partial charge in [0.25, 0.3) is 0 Å². The smallest absolute Gasteiger partial charge is 0.352 e. The van der Waals surface area contributed by atoms with Gasteiger partial charge in [-0.25, -0.2) is 4.79 Å². The number of para-hydroxylation sites is 1. The molecule has 3 rings (SSSR count). The molecule has 3 heteroatoms. The summed E-state index contributed by atoms with van der Waals surface area (Å²) in [5, 5.41) is 0. The van der Waals surface area contributed by atoms with Gasteiger partial charge in [-0.2, -0.15) is 0 Å². The van der Waals surface area contributed by atoms with Crippen LogP contribution in [0.15, 0.2) is 54.6 Å². The number of ether oxygens (including phenoxy) is 2. The highest BCUT2D eigenvalue weighted by atomic mass is 16.6. The fourth-order valence-corrected chi connectivity index (χ4v) is 2.41. The van der Waals surface area contributed by atoms with E-state index in [-0.39, 0.29) is 5.97 Å². The van der Waals surface area contributed by atoms with Crippen molar-refractivity contribution in [3.63, 3.8) is 0 Å². The molecule has 0 spiro atoms. The van der Waals surface area contributed by atoms with Gasteiger partial charge >= 0.3 is 5.97 Å². The normalized spacial score (nSPS) is 18.1. The van der Waals surface area contributed by atoms with Crippen LogP contribution in [-0.4, -0.2) is 18.7 Å². The van der Waals surface area contributed by atoms with E-state index in [9.17, 15) is 4.79 Å². The lowest BCUT2D eigenvalue weighted by atomic mass is 10.00. The van der Waals surface area contributed by atoms with Gasteiger partial charge in [0.05, 0.1) is 6.61 Å². The molecule has 21 heavy (non-hydrogen) atoms. The Labute approximate surface area is 123 Å². The quantitative estimate of drug-likeness (QED) is 0.807. The standard InChI is InChI=1S/C18H16O3/c1-2-20-18(19)17-15(12-13-8-4-3-5-9-13)14-10-6-7-11-16(14)21-17/h3-12,17H,2H2,1H3/b15-12+. The third kappa shape index (κ3) is 2.68. The first-order chi connectivity index (χ1) is 10.3. The molecular formula is C18H16O3. The van der Waals surface area contributed by atoms with Crippen LogP contribution in [0.3, 0.4) is 0 Å². The molecule has 3 nitrogen and oxygen atoms in total. The molecule has 0 saturated heterocycles. The molecule has 0 bridgehead atoms. The molecule has 1 aliphatic rings. The number of carbonyl (C=O) groups excluding carboxylic acids is 1. The molecule has 0 aromatic heterocycles. The third-order valence-electron chi connectivity index (χ3n) is 3.35. The molecule has 0 radical (unpaired) electrons. The Bertz CT molecular complexity index is 674. The van der Waals surface area contributed by atoms with Crippen molar-refractivity contribution in [2.24, 2.45) is 0 Å². The summed E-state index contributed by atoms with van der Waals surface area (Å²) in [6, 6.07) is 17.6. The molecule has 0 fully saturated rings. The Morgan fingerprint density at radius 2 is 1.86 bits per heavy atom. The first kappa shape index (κ1) is 13.4. The molecule has 0 N–H and O–H groups in total. The molecule has 1 atom stereocenters. The van der Waals surface area contributed by atoms with Crippen molar-refractivity contribution in [2.75, 3.05) is 6.61 Å². The second-order valence-electron chi connectivity index (χ2n) is 4.76. The summed E-state index contributed by atoms with van der Waals surface area (Å²) >= 11 is 0. The number of esters is 1. The Balaban J connectivity index is 2.03. The van der Waals surface area contributed by atoms with Crippen LogP contribution in [-0.2, 0) is 9.53 Å². The van der Waals surface area contributed by atoms with Crippen molar-refractivity contribution < 1.29 is 14.3 Å². The lowest BCUT2D eigenvalue weighted by molar-refractivity contribution is -0.148. The fraction of sp³-hybridized carbons (Fsp3) is 0.167. The van der Waals surface area contributed by atoms with Gasteiger partial charge in [0.1, 0.15) is 5.75 Å². The first-order valence-corrected chi connectivity index (χ1v) is 6.99. The van der Waals surface area contributed by atoms with E-state index in [1.54, 1.807) is 6.92 Å². The average Bonchev–Trinajstić information content (AvgIpc) is 2.88. The van der Waals surface area contributed by atoms with Crippen LogP contribution >= 0.6 is 0 Å². The number of rotatable bonds is 3. The van der Waals surface area contributed by atoms with Crippen LogP contribution in [0.1, 0.15) is 18.1 Å². The minimum atomic E-state index is -0.692. The van der Waals surface area contributed by atoms with Crippen molar-refractivity contribution in [3.8, 4) is 5.75 Å². The second kappa shape index (κ2) is 5.83. The third-order valence-corrected chi connectivity index (χ3v) is 3.35. The van der Waals surface area contributed by atoms with E-state index in [1.807, 2.05) is 60.7 Å². The lowest BCUT2D eigenvalue weighted by Gasteiger charge is -2.11. The summed E-state index contributed by atoms with van der Waals surface area (Å²) < 4.78 is 10.9. The molecule has 0 amide bonds. The van der Waals surface area contributed by atoms with Crippen LogP contribution in [0.2, 0.25) is 0 Å². The minimum Gasteiger partial charge on any atom is -0.473 e. The lowest BCUT2D eigenvalue weighted by Crippen LogP contribution is -2.26. The molecule has 2 aromatic rings. The summed E-state index contributed by atoms with van der Waals surface area (Å²) in [5.41, 5.74) is 2.82. The highest BCUT2D eigenvalue weighted by molar-refractivity contribution is 6.01. The van der Waals surface area contributed by atoms with Crippen LogP contribution in [0.5, 0.6) is 5.75 Å². The monoisotopic (exact) mass is 280 g/mol. The zero-order chi connectivity index (χ0) is 14.7. The van der Waals surface area contributed by atoms with Gasteiger partial charge in [-0.3, -0.25) is 0 Å². The SMILES string of the molecule is CCOC(=O)C1Oc2ccccc2/C1=C\c1ccccc1. The molecule has 106 valence electrons. The molecular weight excluding hydrogens is 264 g/mol. The molecule has 0 aliphatic carbocycles. The Morgan fingerprint density at radius 1 is 1.14 bits per heavy atom. The predicted molar refractivity (Wildman–Crippen MR) is 81.8 cm³/mol. The molecule has 1 unspecified atom stereocenters. The van der Waals surface area contributed by atoms with Crippen molar-refractivity contribution >= 4 is 17.6 Å². The van der Waals surface area contributed by atoms with E-state index >= 15 is 0 Å². The van der Waals surface area contributed by atoms with Gasteiger partial charge in [0, 0.05) is 11.1 Å². The van der Waals surface area contributed by atoms with E-state index in [4.69, 9.17) is 9.47 Å². The van der Waals surface area contributed by atoms with E-state index in [1.165, 1.54) is 0 Å². The highest BCUT2D eigenvalue weighted by Gasteiger charge is 2.35. The van der Waals surface area contributed by atoms with Gasteiger partial charge in [-0.15, -0.1) is 0 Å². The number of hydrogen-bond donors (Lipinski definition) is 0. The second-order valence-corrected chi connectivity index (χ2v) is 4.76. The van der Waals surface area contributed by atoms with Gasteiger partial charge in [0.15, 0.2) is 0 Å².